The maximum absolute atomic E-state index is 12.0. The maximum atomic E-state index is 12.0. The second-order valence-corrected chi connectivity index (χ2v) is 5.45. The molecule has 2 aromatic rings. The van der Waals surface area contributed by atoms with Crippen molar-refractivity contribution in [1.29, 1.82) is 0 Å². The molecule has 2 rings (SSSR count). The van der Waals surface area contributed by atoms with Crippen LogP contribution in [0.4, 0.5) is 5.69 Å². The number of pyridine rings is 1. The van der Waals surface area contributed by atoms with E-state index in [0.717, 1.165) is 17.1 Å². The van der Waals surface area contributed by atoms with Gasteiger partial charge in [-0.05, 0) is 43.3 Å². The van der Waals surface area contributed by atoms with Gasteiger partial charge >= 0.3 is 0 Å². The van der Waals surface area contributed by atoms with Crippen molar-refractivity contribution in [1.82, 2.24) is 10.3 Å². The molecule has 0 bridgehead atoms. The molecule has 25 heavy (non-hydrogen) atoms. The molecule has 1 aromatic carbocycles. The lowest BCUT2D eigenvalue weighted by Gasteiger charge is -2.21. The summed E-state index contributed by atoms with van der Waals surface area (Å²) in [4.78, 5) is 29.7. The quantitative estimate of drug-likeness (QED) is 0.801. The van der Waals surface area contributed by atoms with E-state index in [4.69, 9.17) is 4.74 Å². The van der Waals surface area contributed by atoms with Crippen LogP contribution in [0.25, 0.3) is 0 Å². The van der Waals surface area contributed by atoms with Crippen LogP contribution in [0.15, 0.2) is 48.7 Å². The number of hydrogen-bond acceptors (Lipinski definition) is 4. The van der Waals surface area contributed by atoms with E-state index < -0.39 is 0 Å². The third-order valence-electron chi connectivity index (χ3n) is 3.59. The number of anilines is 1. The van der Waals surface area contributed by atoms with Crippen LogP contribution in [0.1, 0.15) is 26.0 Å². The van der Waals surface area contributed by atoms with E-state index in [2.05, 4.69) is 10.3 Å². The van der Waals surface area contributed by atoms with Gasteiger partial charge in [0.25, 0.3) is 0 Å². The minimum absolute atomic E-state index is 0.110. The van der Waals surface area contributed by atoms with Crippen LogP contribution in [0.2, 0.25) is 0 Å². The molecule has 1 N–H and O–H groups in total. The Bertz CT molecular complexity index is 687. The summed E-state index contributed by atoms with van der Waals surface area (Å²) in [6.45, 7) is 4.69. The van der Waals surface area contributed by atoms with Crippen molar-refractivity contribution in [3.63, 3.8) is 0 Å². The Labute approximate surface area is 147 Å². The zero-order valence-corrected chi connectivity index (χ0v) is 14.6. The fraction of sp³-hybridized carbons (Fsp3) is 0.316. The van der Waals surface area contributed by atoms with E-state index in [1.165, 1.54) is 6.92 Å². The van der Waals surface area contributed by atoms with Crippen LogP contribution < -0.4 is 15.0 Å². The highest BCUT2D eigenvalue weighted by molar-refractivity contribution is 5.92. The molecule has 1 heterocycles. The molecule has 6 heteroatoms. The first kappa shape index (κ1) is 18.4. The lowest BCUT2D eigenvalue weighted by Crippen LogP contribution is -2.33. The van der Waals surface area contributed by atoms with Crippen LogP contribution in [-0.2, 0) is 16.1 Å². The first-order valence-corrected chi connectivity index (χ1v) is 8.27. The van der Waals surface area contributed by atoms with Gasteiger partial charge in [0.1, 0.15) is 5.75 Å². The molecule has 0 aliphatic carbocycles. The van der Waals surface area contributed by atoms with Gasteiger partial charge in [-0.2, -0.15) is 0 Å². The Hall–Kier alpha value is -2.89. The van der Waals surface area contributed by atoms with Crippen molar-refractivity contribution in [2.45, 2.75) is 26.8 Å². The molecular weight excluding hydrogens is 318 g/mol. The Balaban J connectivity index is 1.88. The molecule has 0 saturated carbocycles. The van der Waals surface area contributed by atoms with Crippen molar-refractivity contribution >= 4 is 17.5 Å². The third kappa shape index (κ3) is 5.91. The molecule has 0 fully saturated rings. The zero-order valence-electron chi connectivity index (χ0n) is 14.6. The first-order valence-electron chi connectivity index (χ1n) is 8.27. The van der Waals surface area contributed by atoms with Crippen LogP contribution in [0, 0.1) is 0 Å². The summed E-state index contributed by atoms with van der Waals surface area (Å²) in [6.07, 6.45) is 1.91. The van der Waals surface area contributed by atoms with Crippen molar-refractivity contribution in [2.24, 2.45) is 0 Å². The summed E-state index contributed by atoms with van der Waals surface area (Å²) < 4.78 is 5.40. The molecule has 6 nitrogen and oxygen atoms in total. The minimum atomic E-state index is -0.122. The van der Waals surface area contributed by atoms with E-state index in [-0.39, 0.29) is 18.2 Å². The molecule has 132 valence electrons. The summed E-state index contributed by atoms with van der Waals surface area (Å²) in [5.74, 6) is 0.521. The van der Waals surface area contributed by atoms with Gasteiger partial charge in [-0.25, -0.2) is 0 Å². The molecule has 0 unspecified atom stereocenters. The number of nitrogens with one attached hydrogen (secondary N) is 1. The fourth-order valence-electron chi connectivity index (χ4n) is 2.35. The van der Waals surface area contributed by atoms with Gasteiger partial charge in [-0.15, -0.1) is 0 Å². The summed E-state index contributed by atoms with van der Waals surface area (Å²) in [7, 11) is 0. The van der Waals surface area contributed by atoms with Crippen LogP contribution in [0.3, 0.4) is 0 Å². The summed E-state index contributed by atoms with van der Waals surface area (Å²) in [6, 6.07) is 12.8. The van der Waals surface area contributed by atoms with Crippen LogP contribution in [0.5, 0.6) is 5.75 Å². The maximum Gasteiger partial charge on any atom is 0.223 e. The van der Waals surface area contributed by atoms with E-state index in [9.17, 15) is 9.59 Å². The summed E-state index contributed by atoms with van der Waals surface area (Å²) >= 11 is 0. The molecule has 2 amide bonds. The number of aromatic nitrogens is 1. The van der Waals surface area contributed by atoms with Crippen molar-refractivity contribution in [3.05, 3.63) is 54.4 Å². The highest BCUT2D eigenvalue weighted by atomic mass is 16.5. The minimum Gasteiger partial charge on any atom is -0.494 e. The van der Waals surface area contributed by atoms with Crippen molar-refractivity contribution in [3.8, 4) is 5.75 Å². The summed E-state index contributed by atoms with van der Waals surface area (Å²) in [5.41, 5.74) is 1.54. The SMILES string of the molecule is CCOc1ccc(N(CCC(=O)NCc2ccccn2)C(C)=O)cc1. The van der Waals surface area contributed by atoms with Gasteiger partial charge < -0.3 is 15.0 Å². The Kier molecular flexibility index (Phi) is 6.95. The molecule has 0 spiro atoms. The molecule has 0 saturated heterocycles. The lowest BCUT2D eigenvalue weighted by molar-refractivity contribution is -0.121. The number of amides is 2. The number of carbonyl (C=O) groups excluding carboxylic acids is 2. The predicted octanol–water partition coefficient (Wildman–Crippen LogP) is 2.54. The molecular formula is C19H23N3O3. The number of carbonyl (C=O) groups is 2. The van der Waals surface area contributed by atoms with Crippen molar-refractivity contribution in [2.75, 3.05) is 18.1 Å². The van der Waals surface area contributed by atoms with Gasteiger partial charge in [0.15, 0.2) is 0 Å². The normalized spacial score (nSPS) is 10.2. The second kappa shape index (κ2) is 9.42. The topological polar surface area (TPSA) is 71.5 Å². The third-order valence-corrected chi connectivity index (χ3v) is 3.59. The smallest absolute Gasteiger partial charge is 0.223 e. The standard InChI is InChI=1S/C19H23N3O3/c1-3-25-18-9-7-17(8-10-18)22(15(2)23)13-11-19(24)21-14-16-6-4-5-12-20-16/h4-10,12H,3,11,13-14H2,1-2H3,(H,21,24). The number of nitrogens with zero attached hydrogens (tertiary/aromatic N) is 2. The Morgan fingerprint density at radius 1 is 1.16 bits per heavy atom. The number of rotatable bonds is 8. The van der Waals surface area contributed by atoms with Crippen LogP contribution in [-0.4, -0.2) is 29.9 Å². The average molecular weight is 341 g/mol. The number of ether oxygens (including phenoxy) is 1. The number of hydrogen-bond donors (Lipinski definition) is 1. The molecule has 0 atom stereocenters. The molecule has 0 radical (unpaired) electrons. The molecule has 1 aromatic heterocycles. The van der Waals surface area contributed by atoms with Gasteiger partial charge in [0.05, 0.1) is 18.8 Å². The second-order valence-electron chi connectivity index (χ2n) is 5.45. The highest BCUT2D eigenvalue weighted by Crippen LogP contribution is 2.20. The molecule has 0 aliphatic heterocycles. The zero-order chi connectivity index (χ0) is 18.1. The van der Waals surface area contributed by atoms with Gasteiger partial charge in [-0.3, -0.25) is 14.6 Å². The number of benzene rings is 1. The largest absolute Gasteiger partial charge is 0.494 e. The van der Waals surface area contributed by atoms with Crippen molar-refractivity contribution < 1.29 is 14.3 Å². The summed E-state index contributed by atoms with van der Waals surface area (Å²) in [5, 5.41) is 2.81. The molecule has 0 aliphatic rings. The fourth-order valence-corrected chi connectivity index (χ4v) is 2.35. The van der Waals surface area contributed by atoms with Crippen LogP contribution >= 0.6 is 0 Å². The highest BCUT2D eigenvalue weighted by Gasteiger charge is 2.13. The van der Waals surface area contributed by atoms with E-state index >= 15 is 0 Å². The predicted molar refractivity (Wildman–Crippen MR) is 96.3 cm³/mol. The van der Waals surface area contributed by atoms with E-state index in [0.29, 0.717) is 19.7 Å². The van der Waals surface area contributed by atoms with Gasteiger partial charge in [0.2, 0.25) is 11.8 Å². The average Bonchev–Trinajstić information content (AvgIpc) is 2.62. The first-order chi connectivity index (χ1) is 12.1. The Morgan fingerprint density at radius 3 is 2.52 bits per heavy atom. The van der Waals surface area contributed by atoms with Gasteiger partial charge in [-0.1, -0.05) is 6.07 Å². The van der Waals surface area contributed by atoms with E-state index in [1.54, 1.807) is 11.1 Å². The Morgan fingerprint density at radius 2 is 1.92 bits per heavy atom. The van der Waals surface area contributed by atoms with Gasteiger partial charge in [0, 0.05) is 31.8 Å². The lowest BCUT2D eigenvalue weighted by atomic mass is 10.2. The van der Waals surface area contributed by atoms with E-state index in [1.807, 2.05) is 49.4 Å². The monoisotopic (exact) mass is 341 g/mol.